The van der Waals surface area contributed by atoms with Gasteiger partial charge in [-0.1, -0.05) is 35.3 Å². The van der Waals surface area contributed by atoms with Crippen LogP contribution in [0.25, 0.3) is 0 Å². The number of esters is 2. The Morgan fingerprint density at radius 3 is 2.64 bits per heavy atom. The van der Waals surface area contributed by atoms with Crippen LogP contribution < -0.4 is 16.3 Å². The summed E-state index contributed by atoms with van der Waals surface area (Å²) in [6.07, 6.45) is 1.39. The second-order valence-corrected chi connectivity index (χ2v) is 8.40. The zero-order valence-electron chi connectivity index (χ0n) is 19.9. The molecular weight excluding hydrogens is 511 g/mol. The lowest BCUT2D eigenvalue weighted by Gasteiger charge is -2.31. The monoisotopic (exact) mass is 536 g/mol. The molecule has 10 nitrogen and oxygen atoms in total. The summed E-state index contributed by atoms with van der Waals surface area (Å²) in [5.74, 6) is -1.66. The minimum absolute atomic E-state index is 0.00314. The van der Waals surface area contributed by atoms with E-state index in [1.54, 1.807) is 38.1 Å². The zero-order chi connectivity index (χ0) is 26.2. The highest BCUT2D eigenvalue weighted by Crippen LogP contribution is 2.43. The number of allylic oxidation sites excluding steroid dienone is 1. The number of carbonyl (C=O) groups excluding carboxylic acids is 2. The number of methoxy groups -OCH3 is 1. The van der Waals surface area contributed by atoms with Gasteiger partial charge < -0.3 is 24.8 Å². The minimum atomic E-state index is -0.900. The average Bonchev–Trinajstić information content (AvgIpc) is 2.85. The van der Waals surface area contributed by atoms with Crippen LogP contribution in [0.2, 0.25) is 10.0 Å². The Morgan fingerprint density at radius 2 is 1.94 bits per heavy atom. The van der Waals surface area contributed by atoms with E-state index in [4.69, 9.17) is 37.4 Å². The Balaban J connectivity index is 1.93. The van der Waals surface area contributed by atoms with Crippen molar-refractivity contribution in [3.63, 3.8) is 0 Å². The number of carbonyl (C=O) groups is 2. The van der Waals surface area contributed by atoms with E-state index in [0.717, 1.165) is 0 Å². The van der Waals surface area contributed by atoms with Crippen LogP contribution in [0, 0.1) is 0 Å². The summed E-state index contributed by atoms with van der Waals surface area (Å²) in [6, 6.07) is 6.61. The maximum absolute atomic E-state index is 13.2. The molecule has 0 fully saturated rings. The first-order valence-corrected chi connectivity index (χ1v) is 11.8. The molecule has 192 valence electrons. The summed E-state index contributed by atoms with van der Waals surface area (Å²) >= 11 is 12.8. The van der Waals surface area contributed by atoms with E-state index in [-0.39, 0.29) is 41.0 Å². The molecule has 36 heavy (non-hydrogen) atoms. The van der Waals surface area contributed by atoms with Gasteiger partial charge in [0, 0.05) is 18.4 Å². The lowest BCUT2D eigenvalue weighted by atomic mass is 9.80. The van der Waals surface area contributed by atoms with E-state index in [9.17, 15) is 14.4 Å². The Hall–Kier alpha value is -3.34. The predicted molar refractivity (Wildman–Crippen MR) is 135 cm³/mol. The van der Waals surface area contributed by atoms with Crippen LogP contribution in [0.15, 0.2) is 57.8 Å². The number of hydrogen-bond acceptors (Lipinski definition) is 9. The number of rotatable bonds is 10. The molecule has 0 spiro atoms. The quantitative estimate of drug-likeness (QED) is 0.309. The molecule has 1 aliphatic rings. The number of benzene rings is 1. The van der Waals surface area contributed by atoms with Gasteiger partial charge in [-0.15, -0.1) is 0 Å². The summed E-state index contributed by atoms with van der Waals surface area (Å²) < 4.78 is 16.1. The molecule has 3 rings (SSSR count). The van der Waals surface area contributed by atoms with Gasteiger partial charge in [0.15, 0.2) is 0 Å². The topological polar surface area (TPSA) is 132 Å². The molecule has 12 heteroatoms. The molecule has 2 aromatic rings. The van der Waals surface area contributed by atoms with Gasteiger partial charge in [0.2, 0.25) is 0 Å². The molecule has 1 aromatic heterocycles. The van der Waals surface area contributed by atoms with E-state index in [0.29, 0.717) is 29.3 Å². The van der Waals surface area contributed by atoms with Crippen molar-refractivity contribution in [3.05, 3.63) is 79.1 Å². The second kappa shape index (κ2) is 12.6. The van der Waals surface area contributed by atoms with Crippen molar-refractivity contribution in [2.24, 2.45) is 0 Å². The zero-order valence-corrected chi connectivity index (χ0v) is 21.5. The Morgan fingerprint density at radius 1 is 1.17 bits per heavy atom. The number of aromatic nitrogens is 2. The lowest BCUT2D eigenvalue weighted by molar-refractivity contribution is -0.139. The van der Waals surface area contributed by atoms with Gasteiger partial charge in [-0.25, -0.2) is 19.4 Å². The highest BCUT2D eigenvalue weighted by atomic mass is 35.5. The maximum atomic E-state index is 13.2. The van der Waals surface area contributed by atoms with E-state index in [1.165, 1.54) is 13.3 Å². The molecule has 1 atom stereocenters. The van der Waals surface area contributed by atoms with Gasteiger partial charge >= 0.3 is 17.6 Å². The fourth-order valence-corrected chi connectivity index (χ4v) is 4.22. The van der Waals surface area contributed by atoms with Gasteiger partial charge in [0.1, 0.15) is 5.82 Å². The first-order valence-electron chi connectivity index (χ1n) is 11.1. The lowest BCUT2D eigenvalue weighted by Crippen LogP contribution is -2.35. The highest BCUT2D eigenvalue weighted by molar-refractivity contribution is 6.42. The summed E-state index contributed by atoms with van der Waals surface area (Å²) in [4.78, 5) is 43.4. The Bertz CT molecular complexity index is 1260. The third kappa shape index (κ3) is 6.26. The maximum Gasteiger partial charge on any atom is 0.346 e. The molecule has 0 saturated heterocycles. The van der Waals surface area contributed by atoms with Crippen LogP contribution in [0.3, 0.4) is 0 Å². The number of nitrogens with zero attached hydrogens (tertiary/aromatic N) is 1. The van der Waals surface area contributed by atoms with Gasteiger partial charge in [0.25, 0.3) is 0 Å². The van der Waals surface area contributed by atoms with E-state index >= 15 is 0 Å². The van der Waals surface area contributed by atoms with Gasteiger partial charge in [-0.05, 0) is 31.5 Å². The summed E-state index contributed by atoms with van der Waals surface area (Å²) in [6.45, 7) is 4.11. The molecule has 0 amide bonds. The van der Waals surface area contributed by atoms with E-state index in [1.807, 2.05) is 0 Å². The Kier molecular flexibility index (Phi) is 9.51. The number of hydrogen-bond donors (Lipinski definition) is 3. The van der Waals surface area contributed by atoms with Gasteiger partial charge in [-0.2, -0.15) is 0 Å². The van der Waals surface area contributed by atoms with Crippen LogP contribution in [0.5, 0.6) is 0 Å². The smallest absolute Gasteiger partial charge is 0.346 e. The third-order valence-electron chi connectivity index (χ3n) is 5.32. The fraction of sp³-hybridized carbons (Fsp3) is 0.333. The van der Waals surface area contributed by atoms with E-state index < -0.39 is 23.5 Å². The SMILES string of the molecule is CCOC(=O)C1=C(COCCNc2ccnc(=O)[nH]2)NC(C)=C(C(=O)OC)C1c1cccc(Cl)c1Cl. The number of H-pyrrole nitrogens is 1. The van der Waals surface area contributed by atoms with Crippen LogP contribution in [-0.2, 0) is 23.8 Å². The predicted octanol–water partition coefficient (Wildman–Crippen LogP) is 3.16. The molecule has 0 bridgehead atoms. The number of aromatic amines is 1. The molecule has 1 aliphatic heterocycles. The van der Waals surface area contributed by atoms with Gasteiger partial charge in [0.05, 0.1) is 59.7 Å². The molecule has 2 heterocycles. The second-order valence-electron chi connectivity index (χ2n) is 7.61. The Labute approximate surface area is 217 Å². The fourth-order valence-electron chi connectivity index (χ4n) is 3.80. The first kappa shape index (κ1) is 27.3. The summed E-state index contributed by atoms with van der Waals surface area (Å²) in [5.41, 5.74) is 1.24. The van der Waals surface area contributed by atoms with Crippen LogP contribution >= 0.6 is 23.2 Å². The summed E-state index contributed by atoms with van der Waals surface area (Å²) in [5, 5.41) is 6.59. The number of halogens is 2. The van der Waals surface area contributed by atoms with Crippen molar-refractivity contribution < 1.29 is 23.8 Å². The van der Waals surface area contributed by atoms with Crippen molar-refractivity contribution in [1.29, 1.82) is 0 Å². The van der Waals surface area contributed by atoms with Crippen molar-refractivity contribution in [3.8, 4) is 0 Å². The molecular formula is C24H26Cl2N4O6. The number of anilines is 1. The van der Waals surface area contributed by atoms with Gasteiger partial charge in [-0.3, -0.25) is 4.98 Å². The van der Waals surface area contributed by atoms with Crippen molar-refractivity contribution in [1.82, 2.24) is 15.3 Å². The van der Waals surface area contributed by atoms with Crippen molar-refractivity contribution in [2.45, 2.75) is 19.8 Å². The molecule has 0 radical (unpaired) electrons. The van der Waals surface area contributed by atoms with Crippen molar-refractivity contribution in [2.75, 3.05) is 38.8 Å². The normalized spacial score (nSPS) is 15.4. The van der Waals surface area contributed by atoms with E-state index in [2.05, 4.69) is 20.6 Å². The van der Waals surface area contributed by atoms with Crippen molar-refractivity contribution >= 4 is 41.0 Å². The minimum Gasteiger partial charge on any atom is -0.466 e. The standard InChI is InChI=1S/C24H26Cl2N4O6/c1-4-36-23(32)20-16(12-35-11-10-27-17-8-9-28-24(33)30-17)29-13(2)18(22(31)34-3)19(20)14-6-5-7-15(25)21(14)26/h5-9,19,29H,4,10-12H2,1-3H3,(H2,27,28,30,33). The number of nitrogens with one attached hydrogen (secondary N) is 3. The first-order chi connectivity index (χ1) is 17.3. The molecule has 1 unspecified atom stereocenters. The van der Waals surface area contributed by atoms with Crippen LogP contribution in [0.4, 0.5) is 5.82 Å². The number of dihydropyridines is 1. The molecule has 0 aliphatic carbocycles. The molecule has 0 saturated carbocycles. The van der Waals surface area contributed by atoms with Crippen LogP contribution in [0.1, 0.15) is 25.3 Å². The number of ether oxygens (including phenoxy) is 3. The summed E-state index contributed by atoms with van der Waals surface area (Å²) in [7, 11) is 1.26. The average molecular weight is 537 g/mol. The van der Waals surface area contributed by atoms with Crippen LogP contribution in [-0.4, -0.2) is 55.4 Å². The highest BCUT2D eigenvalue weighted by Gasteiger charge is 2.40. The molecule has 1 aromatic carbocycles. The largest absolute Gasteiger partial charge is 0.466 e. The third-order valence-corrected chi connectivity index (χ3v) is 6.15. The molecule has 3 N–H and O–H groups in total.